The molecular formula is C16H31NO4. The Hall–Kier alpha value is -1.10. The van der Waals surface area contributed by atoms with Gasteiger partial charge in [0, 0.05) is 13.0 Å². The van der Waals surface area contributed by atoms with Gasteiger partial charge in [-0.15, -0.1) is 0 Å². The normalized spacial score (nSPS) is 10.5. The maximum Gasteiger partial charge on any atom is 0.329 e. The molecule has 5 heteroatoms. The van der Waals surface area contributed by atoms with Crippen LogP contribution >= 0.6 is 0 Å². The summed E-state index contributed by atoms with van der Waals surface area (Å²) < 4.78 is 4.83. The Morgan fingerprint density at radius 2 is 1.52 bits per heavy atom. The van der Waals surface area contributed by atoms with Crippen molar-refractivity contribution in [1.29, 1.82) is 0 Å². The Labute approximate surface area is 128 Å². The monoisotopic (exact) mass is 301 g/mol. The maximum absolute atomic E-state index is 11.5. The van der Waals surface area contributed by atoms with Crippen molar-refractivity contribution in [3.8, 4) is 0 Å². The minimum absolute atomic E-state index is 0.0249. The van der Waals surface area contributed by atoms with Crippen molar-refractivity contribution < 1.29 is 19.4 Å². The minimum atomic E-state index is -0.990. The second kappa shape index (κ2) is 15.3. The van der Waals surface area contributed by atoms with Crippen LogP contribution in [-0.4, -0.2) is 36.7 Å². The van der Waals surface area contributed by atoms with E-state index in [0.717, 1.165) is 12.8 Å². The Balaban J connectivity index is 3.17. The predicted octanol–water partition coefficient (Wildman–Crippen LogP) is 3.12. The van der Waals surface area contributed by atoms with Crippen molar-refractivity contribution in [1.82, 2.24) is 5.32 Å². The number of hydrogen-bond donors (Lipinski definition) is 2. The second-order valence-electron chi connectivity index (χ2n) is 5.37. The molecule has 0 aliphatic rings. The summed E-state index contributed by atoms with van der Waals surface area (Å²) in [5, 5.41) is 11.1. The van der Waals surface area contributed by atoms with Crippen LogP contribution in [0.2, 0.25) is 0 Å². The number of unbranched alkanes of at least 4 members (excludes halogenated alkanes) is 8. The molecule has 0 bridgehead atoms. The predicted molar refractivity (Wildman–Crippen MR) is 83.3 cm³/mol. The Bertz CT molecular complexity index is 269. The van der Waals surface area contributed by atoms with Gasteiger partial charge in [0.15, 0.2) is 0 Å². The molecule has 0 aliphatic heterocycles. The molecule has 0 heterocycles. The lowest BCUT2D eigenvalue weighted by molar-refractivity contribution is -0.142. The van der Waals surface area contributed by atoms with Gasteiger partial charge >= 0.3 is 5.97 Å². The molecule has 0 aliphatic carbocycles. The highest BCUT2D eigenvalue weighted by Gasteiger charge is 2.01. The lowest BCUT2D eigenvalue weighted by Gasteiger charge is -2.05. The number of aliphatic carboxylic acids is 1. The molecule has 124 valence electrons. The van der Waals surface area contributed by atoms with Gasteiger partial charge in [-0.05, 0) is 6.42 Å². The second-order valence-corrected chi connectivity index (χ2v) is 5.37. The van der Waals surface area contributed by atoms with Gasteiger partial charge in [0.1, 0.15) is 6.61 Å². The highest BCUT2D eigenvalue weighted by molar-refractivity contribution is 5.75. The first kappa shape index (κ1) is 19.9. The van der Waals surface area contributed by atoms with E-state index in [1.807, 2.05) is 0 Å². The molecule has 0 atom stereocenters. The van der Waals surface area contributed by atoms with E-state index < -0.39 is 5.97 Å². The van der Waals surface area contributed by atoms with Crippen molar-refractivity contribution in [2.45, 2.75) is 71.1 Å². The fraction of sp³-hybridized carbons (Fsp3) is 0.875. The van der Waals surface area contributed by atoms with Gasteiger partial charge in [-0.3, -0.25) is 4.79 Å². The molecule has 0 radical (unpaired) electrons. The number of carboxylic acid groups (broad SMARTS) is 1. The molecule has 0 aromatic rings. The molecular weight excluding hydrogens is 270 g/mol. The first-order chi connectivity index (χ1) is 10.2. The number of carbonyl (C=O) groups is 2. The van der Waals surface area contributed by atoms with Crippen LogP contribution in [0.15, 0.2) is 0 Å². The zero-order valence-corrected chi connectivity index (χ0v) is 13.4. The average molecular weight is 301 g/mol. The first-order valence-electron chi connectivity index (χ1n) is 8.23. The summed E-state index contributed by atoms with van der Waals surface area (Å²) in [6.45, 7) is 2.54. The molecule has 0 rings (SSSR count). The smallest absolute Gasteiger partial charge is 0.329 e. The van der Waals surface area contributed by atoms with E-state index in [2.05, 4.69) is 12.2 Å². The van der Waals surface area contributed by atoms with E-state index in [1.54, 1.807) is 0 Å². The topological polar surface area (TPSA) is 75.6 Å². The van der Waals surface area contributed by atoms with Gasteiger partial charge in [-0.25, -0.2) is 4.79 Å². The minimum Gasteiger partial charge on any atom is -0.480 e. The SMILES string of the molecule is CCCCCCCCCCCC(=O)NCCOCC(=O)O. The van der Waals surface area contributed by atoms with E-state index in [4.69, 9.17) is 9.84 Å². The van der Waals surface area contributed by atoms with Crippen LogP contribution in [0.3, 0.4) is 0 Å². The molecule has 1 amide bonds. The van der Waals surface area contributed by atoms with Gasteiger partial charge in [-0.1, -0.05) is 58.3 Å². The van der Waals surface area contributed by atoms with Crippen molar-refractivity contribution in [3.05, 3.63) is 0 Å². The first-order valence-corrected chi connectivity index (χ1v) is 8.23. The van der Waals surface area contributed by atoms with E-state index >= 15 is 0 Å². The summed E-state index contributed by atoms with van der Waals surface area (Å²) in [6.07, 6.45) is 11.7. The lowest BCUT2D eigenvalue weighted by atomic mass is 10.1. The average Bonchev–Trinajstić information content (AvgIpc) is 2.45. The lowest BCUT2D eigenvalue weighted by Crippen LogP contribution is -2.27. The van der Waals surface area contributed by atoms with Crippen molar-refractivity contribution >= 4 is 11.9 Å². The molecule has 0 fully saturated rings. The van der Waals surface area contributed by atoms with Crippen LogP contribution in [0, 0.1) is 0 Å². The van der Waals surface area contributed by atoms with Crippen molar-refractivity contribution in [2.75, 3.05) is 19.8 Å². The summed E-state index contributed by atoms with van der Waals surface area (Å²) in [4.78, 5) is 21.6. The fourth-order valence-corrected chi connectivity index (χ4v) is 2.11. The van der Waals surface area contributed by atoms with E-state index in [9.17, 15) is 9.59 Å². The van der Waals surface area contributed by atoms with E-state index in [0.29, 0.717) is 13.0 Å². The summed E-state index contributed by atoms with van der Waals surface area (Å²) in [5.41, 5.74) is 0. The molecule has 0 unspecified atom stereocenters. The molecule has 0 aromatic heterocycles. The van der Waals surface area contributed by atoms with Crippen LogP contribution in [0.4, 0.5) is 0 Å². The zero-order valence-electron chi connectivity index (χ0n) is 13.4. The number of amides is 1. The molecule has 5 nitrogen and oxygen atoms in total. The summed E-state index contributed by atoms with van der Waals surface area (Å²) >= 11 is 0. The number of carbonyl (C=O) groups excluding carboxylic acids is 1. The summed E-state index contributed by atoms with van der Waals surface area (Å²) in [5.74, 6) is -0.965. The molecule has 0 saturated carbocycles. The number of hydrogen-bond acceptors (Lipinski definition) is 3. The Morgan fingerprint density at radius 1 is 0.952 bits per heavy atom. The quantitative estimate of drug-likeness (QED) is 0.456. The standard InChI is InChI=1S/C16H31NO4/c1-2-3-4-5-6-7-8-9-10-11-15(18)17-12-13-21-14-16(19)20/h2-14H2,1H3,(H,17,18)(H,19,20). The van der Waals surface area contributed by atoms with Crippen LogP contribution < -0.4 is 5.32 Å². The third-order valence-corrected chi connectivity index (χ3v) is 3.30. The summed E-state index contributed by atoms with van der Waals surface area (Å²) in [7, 11) is 0. The molecule has 0 saturated heterocycles. The highest BCUT2D eigenvalue weighted by Crippen LogP contribution is 2.10. The fourth-order valence-electron chi connectivity index (χ4n) is 2.11. The van der Waals surface area contributed by atoms with Crippen molar-refractivity contribution in [3.63, 3.8) is 0 Å². The Kier molecular flexibility index (Phi) is 14.5. The van der Waals surface area contributed by atoms with E-state index in [-0.39, 0.29) is 19.1 Å². The van der Waals surface area contributed by atoms with Gasteiger partial charge < -0.3 is 15.2 Å². The van der Waals surface area contributed by atoms with Crippen LogP contribution in [0.1, 0.15) is 71.1 Å². The number of ether oxygens (including phenoxy) is 1. The van der Waals surface area contributed by atoms with Crippen LogP contribution in [0.25, 0.3) is 0 Å². The largest absolute Gasteiger partial charge is 0.480 e. The zero-order chi connectivity index (χ0) is 15.8. The van der Waals surface area contributed by atoms with Gasteiger partial charge in [0.25, 0.3) is 0 Å². The summed E-state index contributed by atoms with van der Waals surface area (Å²) in [6, 6.07) is 0. The number of carboxylic acids is 1. The Morgan fingerprint density at radius 3 is 2.10 bits per heavy atom. The van der Waals surface area contributed by atoms with E-state index in [1.165, 1.54) is 44.9 Å². The molecule has 21 heavy (non-hydrogen) atoms. The number of rotatable bonds is 15. The van der Waals surface area contributed by atoms with Gasteiger partial charge in [-0.2, -0.15) is 0 Å². The third kappa shape index (κ3) is 16.8. The molecule has 0 spiro atoms. The molecule has 2 N–H and O–H groups in total. The van der Waals surface area contributed by atoms with Gasteiger partial charge in [0.05, 0.1) is 6.61 Å². The van der Waals surface area contributed by atoms with Crippen molar-refractivity contribution in [2.24, 2.45) is 0 Å². The molecule has 0 aromatic carbocycles. The van der Waals surface area contributed by atoms with Gasteiger partial charge in [0.2, 0.25) is 5.91 Å². The number of nitrogens with one attached hydrogen (secondary N) is 1. The third-order valence-electron chi connectivity index (χ3n) is 3.30. The highest BCUT2D eigenvalue weighted by atomic mass is 16.5. The van der Waals surface area contributed by atoms with Crippen LogP contribution in [-0.2, 0) is 14.3 Å². The maximum atomic E-state index is 11.5. The van der Waals surface area contributed by atoms with Crippen LogP contribution in [0.5, 0.6) is 0 Å².